The summed E-state index contributed by atoms with van der Waals surface area (Å²) in [5.41, 5.74) is 2.87. The van der Waals surface area contributed by atoms with E-state index >= 15 is 0 Å². The van der Waals surface area contributed by atoms with E-state index in [0.717, 1.165) is 27.6 Å². The average molecular weight is 520 g/mol. The predicted octanol–water partition coefficient (Wildman–Crippen LogP) is 3.98. The minimum Gasteiger partial charge on any atom is -0.490 e. The molecule has 0 bridgehead atoms. The van der Waals surface area contributed by atoms with E-state index in [0.29, 0.717) is 49.5 Å². The van der Waals surface area contributed by atoms with Crippen molar-refractivity contribution in [3.05, 3.63) is 66.6 Å². The van der Waals surface area contributed by atoms with Gasteiger partial charge >= 0.3 is 0 Å². The van der Waals surface area contributed by atoms with E-state index in [4.69, 9.17) is 34.4 Å². The van der Waals surface area contributed by atoms with E-state index in [9.17, 15) is 0 Å². The van der Waals surface area contributed by atoms with Gasteiger partial charge in [-0.25, -0.2) is 9.97 Å². The number of thioether (sulfide) groups is 1. The van der Waals surface area contributed by atoms with Gasteiger partial charge in [0.25, 0.3) is 0 Å². The highest BCUT2D eigenvalue weighted by molar-refractivity contribution is 7.98. The molecule has 192 valence electrons. The highest BCUT2D eigenvalue weighted by atomic mass is 32.2. The zero-order valence-corrected chi connectivity index (χ0v) is 21.9. The summed E-state index contributed by atoms with van der Waals surface area (Å²) in [6, 6.07) is 17.8. The number of imidazole rings is 1. The van der Waals surface area contributed by atoms with E-state index < -0.39 is 0 Å². The second-order valence-corrected chi connectivity index (χ2v) is 9.20. The largest absolute Gasteiger partial charge is 0.490 e. The monoisotopic (exact) mass is 519 g/mol. The lowest BCUT2D eigenvalue weighted by atomic mass is 10.2. The number of methoxy groups -OCH3 is 2. The van der Waals surface area contributed by atoms with E-state index in [1.165, 1.54) is 0 Å². The van der Waals surface area contributed by atoms with Crippen molar-refractivity contribution in [2.75, 3.05) is 34.0 Å². The van der Waals surface area contributed by atoms with Gasteiger partial charge < -0.3 is 18.8 Å². The van der Waals surface area contributed by atoms with Crippen LogP contribution in [-0.2, 0) is 28.8 Å². The molecule has 0 saturated carbocycles. The van der Waals surface area contributed by atoms with Crippen LogP contribution in [0.2, 0.25) is 0 Å². The number of nitrogens with zero attached hydrogens (tertiary/aromatic N) is 7. The number of aromatic nitrogens is 7. The van der Waals surface area contributed by atoms with Crippen molar-refractivity contribution in [3.63, 3.8) is 0 Å². The van der Waals surface area contributed by atoms with E-state index in [-0.39, 0.29) is 0 Å². The van der Waals surface area contributed by atoms with Crippen molar-refractivity contribution in [3.8, 4) is 23.0 Å². The Hall–Kier alpha value is -3.67. The summed E-state index contributed by atoms with van der Waals surface area (Å²) in [5.74, 6) is 3.28. The molecule has 10 nitrogen and oxygen atoms in total. The summed E-state index contributed by atoms with van der Waals surface area (Å²) in [6.45, 7) is 2.16. The lowest BCUT2D eigenvalue weighted by Crippen LogP contribution is -2.08. The Morgan fingerprint density at radius 2 is 1.68 bits per heavy atom. The molecule has 0 spiro atoms. The van der Waals surface area contributed by atoms with Gasteiger partial charge in [-0.1, -0.05) is 36.0 Å². The summed E-state index contributed by atoms with van der Waals surface area (Å²) >= 11 is 1.61. The summed E-state index contributed by atoms with van der Waals surface area (Å²) in [4.78, 5) is 9.72. The van der Waals surface area contributed by atoms with Gasteiger partial charge in [-0.3, -0.25) is 4.68 Å². The number of hydrogen-bond acceptors (Lipinski definition) is 8. The molecule has 0 aliphatic rings. The zero-order valence-electron chi connectivity index (χ0n) is 21.1. The lowest BCUT2D eigenvalue weighted by Gasteiger charge is -2.08. The summed E-state index contributed by atoms with van der Waals surface area (Å²) in [5, 5.41) is 10.5. The van der Waals surface area contributed by atoms with Gasteiger partial charge in [0.1, 0.15) is 18.2 Å². The maximum atomic E-state index is 5.95. The molecule has 0 amide bonds. The third kappa shape index (κ3) is 5.53. The summed E-state index contributed by atoms with van der Waals surface area (Å²) in [7, 11) is 5.36. The second-order valence-electron chi connectivity index (χ2n) is 8.26. The van der Waals surface area contributed by atoms with E-state index in [1.807, 2.05) is 66.5 Å². The van der Waals surface area contributed by atoms with Crippen LogP contribution >= 0.6 is 11.8 Å². The number of para-hydroxylation sites is 3. The number of aryl methyl sites for hydroxylation is 1. The number of hydrogen-bond donors (Lipinski definition) is 0. The Morgan fingerprint density at radius 1 is 0.865 bits per heavy atom. The normalized spacial score (nSPS) is 11.4. The molecule has 5 rings (SSSR count). The predicted molar refractivity (Wildman–Crippen MR) is 142 cm³/mol. The molecule has 0 aliphatic carbocycles. The molecule has 0 aliphatic heterocycles. The third-order valence-electron chi connectivity index (χ3n) is 5.79. The minimum atomic E-state index is 0.438. The van der Waals surface area contributed by atoms with Crippen LogP contribution in [0.15, 0.2) is 66.0 Å². The molecule has 0 fully saturated rings. The zero-order chi connectivity index (χ0) is 25.6. The highest BCUT2D eigenvalue weighted by Gasteiger charge is 2.19. The molecule has 2 aromatic carbocycles. The van der Waals surface area contributed by atoms with Crippen LogP contribution in [0.1, 0.15) is 5.82 Å². The van der Waals surface area contributed by atoms with Crippen LogP contribution in [0, 0.1) is 0 Å². The molecule has 5 aromatic rings. The van der Waals surface area contributed by atoms with Crippen molar-refractivity contribution >= 4 is 22.8 Å². The molecular weight excluding hydrogens is 490 g/mol. The number of fused-ring (bicyclic) bond motifs is 1. The maximum Gasteiger partial charge on any atom is 0.185 e. The molecule has 0 N–H and O–H groups in total. The molecule has 3 aromatic heterocycles. The molecule has 0 atom stereocenters. The standard InChI is InChI=1S/C26H29N7O3S/c1-31-21-10-6-5-9-20(21)27-26(31)37-18-24-28-25(19-8-4-7-11-22(19)36-17-16-35-3)30-33(24)23-12-13-32(29-23)14-15-34-2/h4-13H,14-18H2,1-3H3. The van der Waals surface area contributed by atoms with Crippen LogP contribution in [-0.4, -0.2) is 68.1 Å². The van der Waals surface area contributed by atoms with Crippen molar-refractivity contribution in [2.24, 2.45) is 7.05 Å². The topological polar surface area (TPSA) is 94.0 Å². The van der Waals surface area contributed by atoms with Crippen LogP contribution in [0.25, 0.3) is 28.2 Å². The molecule has 0 unspecified atom stereocenters. The number of benzene rings is 2. The van der Waals surface area contributed by atoms with Gasteiger partial charge in [0.05, 0.1) is 42.1 Å². The fourth-order valence-corrected chi connectivity index (χ4v) is 4.80. The molecule has 37 heavy (non-hydrogen) atoms. The van der Waals surface area contributed by atoms with Crippen LogP contribution in [0.4, 0.5) is 0 Å². The SMILES string of the molecule is COCCOc1ccccc1-c1nc(CSc2nc3ccccc3n2C)n(-c2ccn(CCOC)n2)n1. The smallest absolute Gasteiger partial charge is 0.185 e. The third-order valence-corrected chi connectivity index (χ3v) is 6.82. The Kier molecular flexibility index (Phi) is 7.83. The van der Waals surface area contributed by atoms with Crippen molar-refractivity contribution in [1.82, 2.24) is 34.1 Å². The van der Waals surface area contributed by atoms with Gasteiger partial charge in [0, 0.05) is 33.5 Å². The first kappa shape index (κ1) is 25.0. The Labute approximate surface area is 219 Å². The Morgan fingerprint density at radius 3 is 2.51 bits per heavy atom. The molecule has 0 radical (unpaired) electrons. The van der Waals surface area contributed by atoms with E-state index in [1.54, 1.807) is 30.7 Å². The molecule has 3 heterocycles. The summed E-state index contributed by atoms with van der Waals surface area (Å²) in [6.07, 6.45) is 1.92. The highest BCUT2D eigenvalue weighted by Crippen LogP contribution is 2.30. The van der Waals surface area contributed by atoms with Gasteiger partial charge in [-0.05, 0) is 24.3 Å². The van der Waals surface area contributed by atoms with Gasteiger partial charge in [0.15, 0.2) is 16.8 Å². The van der Waals surface area contributed by atoms with Crippen molar-refractivity contribution in [2.45, 2.75) is 17.5 Å². The van der Waals surface area contributed by atoms with Crippen molar-refractivity contribution < 1.29 is 14.2 Å². The van der Waals surface area contributed by atoms with E-state index in [2.05, 4.69) is 10.6 Å². The Bertz CT molecular complexity index is 1480. The molecular formula is C26H29N7O3S. The quantitative estimate of drug-likeness (QED) is 0.181. The number of rotatable bonds is 12. The minimum absolute atomic E-state index is 0.438. The summed E-state index contributed by atoms with van der Waals surface area (Å²) < 4.78 is 22.0. The van der Waals surface area contributed by atoms with Gasteiger partial charge in [-0.2, -0.15) is 9.78 Å². The van der Waals surface area contributed by atoms with Crippen LogP contribution in [0.3, 0.4) is 0 Å². The fraction of sp³-hybridized carbons (Fsp3) is 0.308. The average Bonchev–Trinajstić information content (AvgIpc) is 3.64. The second kappa shape index (κ2) is 11.6. The van der Waals surface area contributed by atoms with Crippen LogP contribution in [0.5, 0.6) is 5.75 Å². The Balaban J connectivity index is 1.48. The van der Waals surface area contributed by atoms with Gasteiger partial charge in [-0.15, -0.1) is 5.10 Å². The van der Waals surface area contributed by atoms with Gasteiger partial charge in [0.2, 0.25) is 0 Å². The first-order valence-electron chi connectivity index (χ1n) is 11.9. The maximum absolute atomic E-state index is 5.95. The molecule has 0 saturated heterocycles. The lowest BCUT2D eigenvalue weighted by molar-refractivity contribution is 0.146. The molecule has 11 heteroatoms. The first-order valence-corrected chi connectivity index (χ1v) is 12.9. The van der Waals surface area contributed by atoms with Crippen molar-refractivity contribution in [1.29, 1.82) is 0 Å². The fourth-order valence-electron chi connectivity index (χ4n) is 3.90. The number of ether oxygens (including phenoxy) is 3. The van der Waals surface area contributed by atoms with Crippen LogP contribution < -0.4 is 4.74 Å². The first-order chi connectivity index (χ1) is 18.2.